The van der Waals surface area contributed by atoms with Crippen molar-refractivity contribution in [2.75, 3.05) is 7.18 Å². The molecule has 0 unspecified atom stereocenters. The van der Waals surface area contributed by atoms with E-state index < -0.39 is 15.4 Å². The summed E-state index contributed by atoms with van der Waals surface area (Å²) in [6.45, 7) is 0. The fourth-order valence-electron chi connectivity index (χ4n) is 1.36. The van der Waals surface area contributed by atoms with E-state index in [1.54, 1.807) is 0 Å². The van der Waals surface area contributed by atoms with Gasteiger partial charge in [-0.2, -0.15) is 8.42 Å². The fraction of sp³-hybridized carbons (Fsp3) is 1.00. The molecule has 0 spiro atoms. The van der Waals surface area contributed by atoms with Gasteiger partial charge >= 0.3 is 0 Å². The van der Waals surface area contributed by atoms with Gasteiger partial charge in [0.15, 0.2) is 0 Å². The number of alkyl halides is 1. The van der Waals surface area contributed by atoms with Crippen LogP contribution in [-0.4, -0.2) is 25.4 Å². The van der Waals surface area contributed by atoms with Gasteiger partial charge in [0.25, 0.3) is 10.1 Å². The summed E-state index contributed by atoms with van der Waals surface area (Å²) in [7, 11) is -3.23. The molecule has 0 saturated heterocycles. The molecule has 74 valence electrons. The average molecular weight is 198 g/mol. The van der Waals surface area contributed by atoms with Crippen LogP contribution in [0.2, 0.25) is 0 Å². The quantitative estimate of drug-likeness (QED) is 0.653. The molecule has 1 saturated carbocycles. The van der Waals surface area contributed by atoms with Gasteiger partial charge < -0.3 is 0 Å². The molecule has 0 radical (unpaired) electrons. The van der Waals surface area contributed by atoms with Crippen molar-refractivity contribution in [2.45, 2.75) is 37.4 Å². The van der Waals surface area contributed by atoms with Crippen molar-refractivity contribution in [2.24, 2.45) is 0 Å². The predicted molar refractivity (Wildman–Crippen MR) is 45.5 cm³/mol. The predicted octanol–water partition coefficient (Wildman–Crippen LogP) is 1.79. The first-order chi connectivity index (χ1) is 5.61. The summed E-state index contributed by atoms with van der Waals surface area (Å²) in [6, 6.07) is 0. The molecule has 0 amide bonds. The number of hydrogen-bond donors (Lipinski definition) is 1. The highest BCUT2D eigenvalue weighted by Gasteiger charge is 2.24. The van der Waals surface area contributed by atoms with Crippen LogP contribution in [0.25, 0.3) is 0 Å². The lowest BCUT2D eigenvalue weighted by molar-refractivity contribution is 0.425. The van der Waals surface area contributed by atoms with Crippen molar-refractivity contribution < 1.29 is 17.4 Å². The Morgan fingerprint density at radius 1 is 1.17 bits per heavy atom. The molecule has 0 aromatic rings. The molecular formula is C7H15FO3S. The second-order valence-corrected chi connectivity index (χ2v) is 4.47. The van der Waals surface area contributed by atoms with Gasteiger partial charge in [0.1, 0.15) is 0 Å². The molecule has 3 nitrogen and oxygen atoms in total. The van der Waals surface area contributed by atoms with E-state index in [9.17, 15) is 12.8 Å². The topological polar surface area (TPSA) is 54.4 Å². The normalized spacial score (nSPS) is 19.6. The van der Waals surface area contributed by atoms with Gasteiger partial charge in [-0.3, -0.25) is 8.94 Å². The van der Waals surface area contributed by atoms with Crippen molar-refractivity contribution in [3.05, 3.63) is 0 Å². The summed E-state index contributed by atoms with van der Waals surface area (Å²) in [6.07, 6.45) is 4.25. The molecule has 1 aliphatic rings. The van der Waals surface area contributed by atoms with Gasteiger partial charge in [-0.05, 0) is 12.8 Å². The monoisotopic (exact) mass is 198 g/mol. The molecule has 0 heterocycles. The smallest absolute Gasteiger partial charge is 0.267 e. The van der Waals surface area contributed by atoms with Crippen molar-refractivity contribution in [3.63, 3.8) is 0 Å². The van der Waals surface area contributed by atoms with Crippen LogP contribution in [0.4, 0.5) is 4.39 Å². The zero-order valence-electron chi connectivity index (χ0n) is 7.16. The van der Waals surface area contributed by atoms with E-state index in [4.69, 9.17) is 4.55 Å². The van der Waals surface area contributed by atoms with E-state index in [2.05, 4.69) is 0 Å². The highest BCUT2D eigenvalue weighted by molar-refractivity contribution is 7.86. The van der Waals surface area contributed by atoms with Gasteiger partial charge in [-0.1, -0.05) is 19.3 Å². The van der Waals surface area contributed by atoms with Crippen LogP contribution in [0.3, 0.4) is 0 Å². The van der Waals surface area contributed by atoms with E-state index in [0.717, 1.165) is 19.3 Å². The van der Waals surface area contributed by atoms with Crippen molar-refractivity contribution in [1.82, 2.24) is 0 Å². The highest BCUT2D eigenvalue weighted by Crippen LogP contribution is 2.22. The van der Waals surface area contributed by atoms with Crippen LogP contribution in [0.5, 0.6) is 0 Å². The molecule has 0 aromatic heterocycles. The molecule has 5 heteroatoms. The van der Waals surface area contributed by atoms with Crippen LogP contribution in [0.15, 0.2) is 0 Å². The standard InChI is InChI=1S/C6H12O3S.CH3F/c7-10(8,9)6-4-2-1-3-5-6;1-2/h6H,1-5H2,(H,7,8,9);1H3. The van der Waals surface area contributed by atoms with Crippen LogP contribution in [0.1, 0.15) is 32.1 Å². The minimum Gasteiger partial charge on any atom is -0.285 e. The Hall–Kier alpha value is -0.160. The summed E-state index contributed by atoms with van der Waals surface area (Å²) in [5.41, 5.74) is 0. The van der Waals surface area contributed by atoms with Crippen LogP contribution in [0, 0.1) is 0 Å². The third-order valence-electron chi connectivity index (χ3n) is 1.97. The second kappa shape index (κ2) is 5.48. The SMILES string of the molecule is CF.O=S(=O)(O)C1CCCCC1. The van der Waals surface area contributed by atoms with Crippen molar-refractivity contribution >= 4 is 10.1 Å². The summed E-state index contributed by atoms with van der Waals surface area (Å²) < 4.78 is 39.2. The molecule has 0 aliphatic heterocycles. The molecule has 1 rings (SSSR count). The Kier molecular flexibility index (Phi) is 5.41. The van der Waals surface area contributed by atoms with Crippen molar-refractivity contribution in [1.29, 1.82) is 0 Å². The van der Waals surface area contributed by atoms with Crippen LogP contribution >= 0.6 is 0 Å². The van der Waals surface area contributed by atoms with E-state index in [-0.39, 0.29) is 0 Å². The first-order valence-electron chi connectivity index (χ1n) is 3.95. The lowest BCUT2D eigenvalue weighted by Crippen LogP contribution is -2.22. The fourth-order valence-corrected chi connectivity index (χ4v) is 2.29. The van der Waals surface area contributed by atoms with Gasteiger partial charge in [-0.15, -0.1) is 0 Å². The third-order valence-corrected chi connectivity index (χ3v) is 3.29. The molecule has 0 bridgehead atoms. The second-order valence-electron chi connectivity index (χ2n) is 2.77. The molecule has 12 heavy (non-hydrogen) atoms. The Morgan fingerprint density at radius 3 is 1.83 bits per heavy atom. The number of halogens is 1. The van der Waals surface area contributed by atoms with E-state index >= 15 is 0 Å². The zero-order chi connectivity index (χ0) is 9.61. The Balaban J connectivity index is 0.000000561. The highest BCUT2D eigenvalue weighted by atomic mass is 32.2. The first kappa shape index (κ1) is 11.8. The van der Waals surface area contributed by atoms with Crippen molar-refractivity contribution in [3.8, 4) is 0 Å². The maximum atomic E-state index is 10.5. The summed E-state index contributed by atoms with van der Waals surface area (Å²) in [5, 5.41) is -0.471. The number of rotatable bonds is 1. The molecule has 0 atom stereocenters. The van der Waals surface area contributed by atoms with Gasteiger partial charge in [0.05, 0.1) is 12.4 Å². The molecule has 0 aromatic carbocycles. The Morgan fingerprint density at radius 2 is 1.58 bits per heavy atom. The first-order valence-corrected chi connectivity index (χ1v) is 5.45. The maximum Gasteiger partial charge on any atom is 0.267 e. The summed E-state index contributed by atoms with van der Waals surface area (Å²) in [4.78, 5) is 0. The lowest BCUT2D eigenvalue weighted by atomic mass is 10.0. The molecule has 1 fully saturated rings. The Bertz CT molecular complexity index is 195. The lowest BCUT2D eigenvalue weighted by Gasteiger charge is -2.17. The average Bonchev–Trinajstić information content (AvgIpc) is 2.08. The van der Waals surface area contributed by atoms with E-state index in [1.807, 2.05) is 0 Å². The molecule has 1 N–H and O–H groups in total. The number of hydrogen-bond acceptors (Lipinski definition) is 2. The van der Waals surface area contributed by atoms with E-state index in [1.165, 1.54) is 0 Å². The van der Waals surface area contributed by atoms with Gasteiger partial charge in [0.2, 0.25) is 0 Å². The van der Waals surface area contributed by atoms with Crippen LogP contribution in [-0.2, 0) is 10.1 Å². The molecule has 1 aliphatic carbocycles. The minimum absolute atomic E-state index is 0.471. The van der Waals surface area contributed by atoms with E-state index in [0.29, 0.717) is 20.0 Å². The summed E-state index contributed by atoms with van der Waals surface area (Å²) >= 11 is 0. The minimum atomic E-state index is -3.73. The van der Waals surface area contributed by atoms with Gasteiger partial charge in [-0.25, -0.2) is 0 Å². The van der Waals surface area contributed by atoms with Crippen LogP contribution < -0.4 is 0 Å². The maximum absolute atomic E-state index is 10.5. The molecular weight excluding hydrogens is 183 g/mol. The zero-order valence-corrected chi connectivity index (χ0v) is 7.98. The van der Waals surface area contributed by atoms with Gasteiger partial charge in [0, 0.05) is 0 Å². The Labute approximate surface area is 72.7 Å². The third kappa shape index (κ3) is 4.01. The summed E-state index contributed by atoms with van der Waals surface area (Å²) in [5.74, 6) is 0. The largest absolute Gasteiger partial charge is 0.285 e.